The van der Waals surface area contributed by atoms with Crippen LogP contribution in [0, 0.1) is 0 Å². The third-order valence-electron chi connectivity index (χ3n) is 2.58. The number of unbranched alkanes of at least 4 members (excludes halogenated alkanes) is 2. The molecule has 0 amide bonds. The van der Waals surface area contributed by atoms with Gasteiger partial charge in [0.2, 0.25) is 0 Å². The highest BCUT2D eigenvalue weighted by molar-refractivity contribution is 7.59. The molecule has 0 heterocycles. The number of halogens is 1. The fourth-order valence-electron chi connectivity index (χ4n) is 1.59. The fourth-order valence-corrected chi connectivity index (χ4v) is 1.78. The Morgan fingerprint density at radius 3 is 1.74 bits per heavy atom. The zero-order valence-corrected chi connectivity index (χ0v) is 12.7. The summed E-state index contributed by atoms with van der Waals surface area (Å²) in [5.41, 5.74) is 1.01. The van der Waals surface area contributed by atoms with Crippen LogP contribution < -0.4 is 0 Å². The fraction of sp³-hybridized carbons (Fsp3) is 0.333. The van der Waals surface area contributed by atoms with Crippen LogP contribution in [0.15, 0.2) is 36.4 Å². The molecule has 1 aliphatic rings. The van der Waals surface area contributed by atoms with Gasteiger partial charge in [0.25, 0.3) is 0 Å². The van der Waals surface area contributed by atoms with Crippen LogP contribution in [0.1, 0.15) is 46.9 Å². The third-order valence-corrected chi connectivity index (χ3v) is 2.85. The Balaban J connectivity index is 0.000000404. The smallest absolute Gasteiger partial charge is 0.186 e. The van der Waals surface area contributed by atoms with E-state index in [9.17, 15) is 9.59 Å². The standard InChI is InChI=1S/C10H6O2.C5H11Cl.H2S/c11-9-5-6-10(12)8-4-2-1-3-7(8)9;1-2-3-4-5-6;/h1-6H;2-5H2,1H3;1H2. The van der Waals surface area contributed by atoms with Crippen LogP contribution in [0.3, 0.4) is 0 Å². The molecule has 0 radical (unpaired) electrons. The highest BCUT2D eigenvalue weighted by atomic mass is 35.5. The molecule has 19 heavy (non-hydrogen) atoms. The predicted octanol–water partition coefficient (Wildman–Crippen LogP) is 4.15. The number of benzene rings is 1. The van der Waals surface area contributed by atoms with Crippen LogP contribution in [-0.4, -0.2) is 17.4 Å². The van der Waals surface area contributed by atoms with Gasteiger partial charge in [-0.1, -0.05) is 44.0 Å². The Morgan fingerprint density at radius 2 is 1.42 bits per heavy atom. The summed E-state index contributed by atoms with van der Waals surface area (Å²) in [5, 5.41) is 0. The molecule has 0 fully saturated rings. The second kappa shape index (κ2) is 9.82. The molecule has 104 valence electrons. The molecule has 2 nitrogen and oxygen atoms in total. The summed E-state index contributed by atoms with van der Waals surface area (Å²) in [7, 11) is 0. The lowest BCUT2D eigenvalue weighted by atomic mass is 9.95. The van der Waals surface area contributed by atoms with Crippen molar-refractivity contribution >= 4 is 36.7 Å². The molecule has 0 N–H and O–H groups in total. The molecule has 0 saturated heterocycles. The van der Waals surface area contributed by atoms with Crippen LogP contribution >= 0.6 is 25.1 Å². The van der Waals surface area contributed by atoms with E-state index in [0.717, 1.165) is 5.88 Å². The molecule has 2 rings (SSSR count). The molecule has 1 aliphatic carbocycles. The monoisotopic (exact) mass is 298 g/mol. The van der Waals surface area contributed by atoms with E-state index in [1.807, 2.05) is 0 Å². The lowest BCUT2D eigenvalue weighted by Gasteiger charge is -2.06. The summed E-state index contributed by atoms with van der Waals surface area (Å²) >= 11 is 5.38. The summed E-state index contributed by atoms with van der Waals surface area (Å²) < 4.78 is 0. The first-order valence-corrected chi connectivity index (χ1v) is 6.66. The SMILES string of the molecule is CCCCCCl.O=C1C=CC(=O)c2ccccc21.S. The molecule has 1 aromatic carbocycles. The third kappa shape index (κ3) is 5.62. The van der Waals surface area contributed by atoms with Crippen molar-refractivity contribution in [3.05, 3.63) is 47.5 Å². The topological polar surface area (TPSA) is 34.1 Å². The highest BCUT2D eigenvalue weighted by Crippen LogP contribution is 2.15. The highest BCUT2D eigenvalue weighted by Gasteiger charge is 2.16. The van der Waals surface area contributed by atoms with E-state index in [-0.39, 0.29) is 25.1 Å². The van der Waals surface area contributed by atoms with Crippen molar-refractivity contribution in [2.45, 2.75) is 26.2 Å². The Bertz CT molecular complexity index is 414. The van der Waals surface area contributed by atoms with E-state index in [2.05, 4.69) is 6.92 Å². The summed E-state index contributed by atoms with van der Waals surface area (Å²) in [5.74, 6) is 0.642. The number of ketones is 2. The summed E-state index contributed by atoms with van der Waals surface area (Å²) in [6.45, 7) is 2.17. The van der Waals surface area contributed by atoms with Crippen molar-refractivity contribution in [2.24, 2.45) is 0 Å². The lowest BCUT2D eigenvalue weighted by Crippen LogP contribution is -2.10. The van der Waals surface area contributed by atoms with Crippen molar-refractivity contribution in [2.75, 3.05) is 5.88 Å². The molecule has 4 heteroatoms. The van der Waals surface area contributed by atoms with E-state index in [0.29, 0.717) is 11.1 Å². The first kappa shape index (κ1) is 17.9. The normalized spacial score (nSPS) is 12.1. The van der Waals surface area contributed by atoms with Gasteiger partial charge < -0.3 is 0 Å². The molecule has 0 bridgehead atoms. The Morgan fingerprint density at radius 1 is 0.947 bits per heavy atom. The number of hydrogen-bond acceptors (Lipinski definition) is 2. The maximum atomic E-state index is 11.2. The van der Waals surface area contributed by atoms with Gasteiger partial charge in [-0.15, -0.1) is 11.6 Å². The number of carbonyl (C=O) groups is 2. The van der Waals surface area contributed by atoms with Gasteiger partial charge in [0, 0.05) is 17.0 Å². The average molecular weight is 299 g/mol. The summed E-state index contributed by atoms with van der Waals surface area (Å²) in [6.07, 6.45) is 6.35. The summed E-state index contributed by atoms with van der Waals surface area (Å²) in [6, 6.07) is 6.84. The van der Waals surface area contributed by atoms with Gasteiger partial charge in [-0.2, -0.15) is 13.5 Å². The minimum absolute atomic E-state index is 0. The molecular formula is C15H19ClO2S. The van der Waals surface area contributed by atoms with Gasteiger partial charge in [-0.3, -0.25) is 9.59 Å². The number of allylic oxidation sites excluding steroid dienone is 2. The zero-order valence-electron chi connectivity index (χ0n) is 11.0. The van der Waals surface area contributed by atoms with Gasteiger partial charge in [0.15, 0.2) is 11.6 Å². The first-order valence-electron chi connectivity index (χ1n) is 6.12. The molecule has 0 spiro atoms. The molecule has 0 aliphatic heterocycles. The van der Waals surface area contributed by atoms with E-state index in [1.54, 1.807) is 24.3 Å². The number of fused-ring (bicyclic) bond motifs is 1. The first-order chi connectivity index (χ1) is 8.70. The second-order valence-corrected chi connectivity index (χ2v) is 4.38. The quantitative estimate of drug-likeness (QED) is 0.620. The number of hydrogen-bond donors (Lipinski definition) is 0. The van der Waals surface area contributed by atoms with Gasteiger partial charge in [0.1, 0.15) is 0 Å². The minimum Gasteiger partial charge on any atom is -0.289 e. The molecule has 1 aromatic rings. The molecular weight excluding hydrogens is 280 g/mol. The van der Waals surface area contributed by atoms with Crippen molar-refractivity contribution < 1.29 is 9.59 Å². The van der Waals surface area contributed by atoms with Crippen LogP contribution in [0.25, 0.3) is 0 Å². The Kier molecular flexibility index (Phi) is 9.27. The second-order valence-electron chi connectivity index (χ2n) is 4.00. The lowest BCUT2D eigenvalue weighted by molar-refractivity contribution is 0.0994. The maximum absolute atomic E-state index is 11.2. The average Bonchev–Trinajstić information content (AvgIpc) is 2.42. The van der Waals surface area contributed by atoms with Crippen LogP contribution in [0.5, 0.6) is 0 Å². The van der Waals surface area contributed by atoms with E-state index in [4.69, 9.17) is 11.6 Å². The van der Waals surface area contributed by atoms with Crippen molar-refractivity contribution in [1.29, 1.82) is 0 Å². The minimum atomic E-state index is -0.0924. The van der Waals surface area contributed by atoms with E-state index >= 15 is 0 Å². The number of carbonyl (C=O) groups excluding carboxylic acids is 2. The van der Waals surface area contributed by atoms with Crippen LogP contribution in [0.2, 0.25) is 0 Å². The van der Waals surface area contributed by atoms with E-state index in [1.165, 1.54) is 31.4 Å². The Hall–Kier alpha value is -1.06. The Labute approximate surface area is 126 Å². The van der Waals surface area contributed by atoms with Gasteiger partial charge in [0.05, 0.1) is 0 Å². The van der Waals surface area contributed by atoms with Gasteiger partial charge >= 0.3 is 0 Å². The van der Waals surface area contributed by atoms with Crippen LogP contribution in [0.4, 0.5) is 0 Å². The number of alkyl halides is 1. The largest absolute Gasteiger partial charge is 0.289 e. The molecule has 0 unspecified atom stereocenters. The van der Waals surface area contributed by atoms with Gasteiger partial charge in [-0.25, -0.2) is 0 Å². The van der Waals surface area contributed by atoms with Crippen molar-refractivity contribution in [1.82, 2.24) is 0 Å². The van der Waals surface area contributed by atoms with Crippen molar-refractivity contribution in [3.8, 4) is 0 Å². The molecule has 0 atom stereocenters. The zero-order chi connectivity index (χ0) is 13.4. The summed E-state index contributed by atoms with van der Waals surface area (Å²) in [4.78, 5) is 22.4. The van der Waals surface area contributed by atoms with E-state index < -0.39 is 0 Å². The maximum Gasteiger partial charge on any atom is 0.186 e. The number of rotatable bonds is 3. The van der Waals surface area contributed by atoms with Crippen LogP contribution in [-0.2, 0) is 0 Å². The predicted molar refractivity (Wildman–Crippen MR) is 84.9 cm³/mol. The van der Waals surface area contributed by atoms with Crippen molar-refractivity contribution in [3.63, 3.8) is 0 Å². The molecule has 0 saturated carbocycles. The molecule has 0 aromatic heterocycles. The van der Waals surface area contributed by atoms with Gasteiger partial charge in [-0.05, 0) is 18.6 Å².